The van der Waals surface area contributed by atoms with E-state index in [0.29, 0.717) is 0 Å². The van der Waals surface area contributed by atoms with E-state index in [1.54, 1.807) is 6.92 Å². The van der Waals surface area contributed by atoms with Crippen molar-refractivity contribution in [2.75, 3.05) is 20.3 Å². The quantitative estimate of drug-likeness (QED) is 0.312. The second-order valence-electron chi connectivity index (χ2n) is 2.53. The van der Waals surface area contributed by atoms with Crippen molar-refractivity contribution in [2.45, 2.75) is 6.92 Å². The van der Waals surface area contributed by atoms with Gasteiger partial charge in [0, 0.05) is 6.54 Å². The van der Waals surface area contributed by atoms with Crippen molar-refractivity contribution in [1.29, 1.82) is 0 Å². The van der Waals surface area contributed by atoms with Crippen LogP contribution in [0.2, 0.25) is 0 Å². The summed E-state index contributed by atoms with van der Waals surface area (Å²) >= 11 is 0. The number of methoxy groups -OCH3 is 1. The number of nitrogens with two attached hydrogens (primary N) is 1. The first-order valence-electron chi connectivity index (χ1n) is 3.78. The van der Waals surface area contributed by atoms with Gasteiger partial charge in [-0.2, -0.15) is 0 Å². The van der Waals surface area contributed by atoms with Crippen LogP contribution in [-0.4, -0.2) is 32.1 Å². The number of hydrogen-bond donors (Lipinski definition) is 2. The van der Waals surface area contributed by atoms with Crippen molar-refractivity contribution in [2.24, 2.45) is 11.7 Å². The molecule has 1 amide bonds. The van der Waals surface area contributed by atoms with Crippen molar-refractivity contribution in [3.8, 4) is 0 Å². The van der Waals surface area contributed by atoms with Gasteiger partial charge in [0.2, 0.25) is 5.91 Å². The highest BCUT2D eigenvalue weighted by atomic mass is 16.6. The zero-order valence-electron chi connectivity index (χ0n) is 7.70. The highest BCUT2D eigenvalue weighted by Gasteiger charge is 2.12. The number of nitrogens with one attached hydrogen (secondary N) is 1. The summed E-state index contributed by atoms with van der Waals surface area (Å²) in [5.74, 6) is -1.23. The molecule has 1 unspecified atom stereocenters. The molecule has 0 saturated heterocycles. The molecule has 76 valence electrons. The van der Waals surface area contributed by atoms with Crippen LogP contribution in [0.3, 0.4) is 0 Å². The lowest BCUT2D eigenvalue weighted by Crippen LogP contribution is -2.30. The van der Waals surface area contributed by atoms with Gasteiger partial charge < -0.3 is 10.5 Å². The van der Waals surface area contributed by atoms with Crippen molar-refractivity contribution in [1.82, 2.24) is 5.48 Å². The average Bonchev–Trinajstić information content (AvgIpc) is 2.10. The minimum Gasteiger partial charge on any atom is -0.469 e. The standard InChI is InChI=1S/C7H14N2O4/c1-5(7(11)12-2)3-9-13-4-6(8)10/h5,9H,3-4H2,1-2H3,(H2,8,10). The SMILES string of the molecule is COC(=O)C(C)CNOCC(N)=O. The van der Waals surface area contributed by atoms with Gasteiger partial charge in [-0.1, -0.05) is 6.92 Å². The second-order valence-corrected chi connectivity index (χ2v) is 2.53. The summed E-state index contributed by atoms with van der Waals surface area (Å²) in [5, 5.41) is 0. The summed E-state index contributed by atoms with van der Waals surface area (Å²) in [6.45, 7) is 1.74. The number of carbonyl (C=O) groups is 2. The van der Waals surface area contributed by atoms with Crippen LogP contribution >= 0.6 is 0 Å². The van der Waals surface area contributed by atoms with Crippen LogP contribution in [0.4, 0.5) is 0 Å². The number of primary amides is 1. The molecule has 0 aliphatic heterocycles. The van der Waals surface area contributed by atoms with Crippen molar-refractivity contribution in [3.63, 3.8) is 0 Å². The van der Waals surface area contributed by atoms with Gasteiger partial charge in [0.05, 0.1) is 13.0 Å². The van der Waals surface area contributed by atoms with Gasteiger partial charge in [-0.3, -0.25) is 14.4 Å². The van der Waals surface area contributed by atoms with Gasteiger partial charge in [0.25, 0.3) is 0 Å². The summed E-state index contributed by atoms with van der Waals surface area (Å²) < 4.78 is 4.46. The molecule has 0 saturated carbocycles. The third-order valence-corrected chi connectivity index (χ3v) is 1.31. The van der Waals surface area contributed by atoms with E-state index in [-0.39, 0.29) is 25.0 Å². The number of esters is 1. The summed E-state index contributed by atoms with van der Waals surface area (Å²) in [6.07, 6.45) is 0. The fourth-order valence-corrected chi connectivity index (χ4v) is 0.591. The topological polar surface area (TPSA) is 90.7 Å². The Bertz CT molecular complexity index is 183. The fourth-order valence-electron chi connectivity index (χ4n) is 0.591. The molecule has 1 atom stereocenters. The molecule has 6 heteroatoms. The predicted octanol–water partition coefficient (Wildman–Crippen LogP) is -1.20. The van der Waals surface area contributed by atoms with E-state index in [1.807, 2.05) is 0 Å². The monoisotopic (exact) mass is 190 g/mol. The number of ether oxygens (including phenoxy) is 1. The molecular weight excluding hydrogens is 176 g/mol. The van der Waals surface area contributed by atoms with E-state index < -0.39 is 5.91 Å². The Kier molecular flexibility index (Phi) is 5.82. The van der Waals surface area contributed by atoms with Gasteiger partial charge in [-0.05, 0) is 0 Å². The maximum absolute atomic E-state index is 10.8. The molecule has 0 spiro atoms. The van der Waals surface area contributed by atoms with Gasteiger partial charge in [0.15, 0.2) is 0 Å². The zero-order chi connectivity index (χ0) is 10.3. The largest absolute Gasteiger partial charge is 0.469 e. The molecule has 0 aliphatic rings. The Hall–Kier alpha value is -1.14. The van der Waals surface area contributed by atoms with Gasteiger partial charge in [-0.25, -0.2) is 5.48 Å². The first kappa shape index (κ1) is 11.9. The molecule has 13 heavy (non-hydrogen) atoms. The van der Waals surface area contributed by atoms with E-state index in [0.717, 1.165) is 0 Å². The van der Waals surface area contributed by atoms with Crippen LogP contribution in [-0.2, 0) is 19.2 Å². The van der Waals surface area contributed by atoms with E-state index in [2.05, 4.69) is 15.1 Å². The first-order chi connectivity index (χ1) is 6.07. The van der Waals surface area contributed by atoms with E-state index in [1.165, 1.54) is 7.11 Å². The molecule has 0 aliphatic carbocycles. The molecule has 3 N–H and O–H groups in total. The number of hydroxylamine groups is 1. The van der Waals surface area contributed by atoms with Gasteiger partial charge in [-0.15, -0.1) is 0 Å². The number of hydrogen-bond acceptors (Lipinski definition) is 5. The second kappa shape index (κ2) is 6.38. The lowest BCUT2D eigenvalue weighted by molar-refractivity contribution is -0.145. The molecular formula is C7H14N2O4. The molecule has 6 nitrogen and oxygen atoms in total. The average molecular weight is 190 g/mol. The highest BCUT2D eigenvalue weighted by Crippen LogP contribution is 1.94. The number of amides is 1. The van der Waals surface area contributed by atoms with Gasteiger partial charge >= 0.3 is 5.97 Å². The summed E-state index contributed by atoms with van der Waals surface area (Å²) in [7, 11) is 1.31. The lowest BCUT2D eigenvalue weighted by atomic mass is 10.2. The third-order valence-electron chi connectivity index (χ3n) is 1.31. The van der Waals surface area contributed by atoms with Crippen LogP contribution < -0.4 is 11.2 Å². The maximum atomic E-state index is 10.8. The van der Waals surface area contributed by atoms with E-state index >= 15 is 0 Å². The minimum absolute atomic E-state index is 0.214. The van der Waals surface area contributed by atoms with Gasteiger partial charge in [0.1, 0.15) is 6.61 Å². The molecule has 0 fully saturated rings. The molecule has 0 aromatic carbocycles. The van der Waals surface area contributed by atoms with Crippen LogP contribution in [0.15, 0.2) is 0 Å². The van der Waals surface area contributed by atoms with E-state index in [4.69, 9.17) is 5.73 Å². The Labute approximate surface area is 76.3 Å². The first-order valence-corrected chi connectivity index (χ1v) is 3.78. The lowest BCUT2D eigenvalue weighted by Gasteiger charge is -2.09. The number of carbonyl (C=O) groups excluding carboxylic acids is 2. The Morgan fingerprint density at radius 1 is 1.54 bits per heavy atom. The van der Waals surface area contributed by atoms with Crippen molar-refractivity contribution >= 4 is 11.9 Å². The molecule has 0 aromatic heterocycles. The normalized spacial score (nSPS) is 12.2. The smallest absolute Gasteiger partial charge is 0.309 e. The number of rotatable bonds is 6. The van der Waals surface area contributed by atoms with Crippen LogP contribution in [0.25, 0.3) is 0 Å². The van der Waals surface area contributed by atoms with Crippen LogP contribution in [0, 0.1) is 5.92 Å². The highest BCUT2D eigenvalue weighted by molar-refractivity contribution is 5.75. The maximum Gasteiger partial charge on any atom is 0.309 e. The summed E-state index contributed by atoms with van der Waals surface area (Å²) in [6, 6.07) is 0. The molecule has 0 radical (unpaired) electrons. The summed E-state index contributed by atoms with van der Waals surface area (Å²) in [4.78, 5) is 25.7. The van der Waals surface area contributed by atoms with Crippen LogP contribution in [0.1, 0.15) is 6.92 Å². The van der Waals surface area contributed by atoms with Crippen molar-refractivity contribution < 1.29 is 19.2 Å². The molecule has 0 aromatic rings. The Morgan fingerprint density at radius 2 is 2.15 bits per heavy atom. The Balaban J connectivity index is 3.42. The minimum atomic E-state index is -0.571. The Morgan fingerprint density at radius 3 is 2.62 bits per heavy atom. The fraction of sp³-hybridized carbons (Fsp3) is 0.714. The molecule has 0 heterocycles. The predicted molar refractivity (Wildman–Crippen MR) is 44.3 cm³/mol. The van der Waals surface area contributed by atoms with E-state index in [9.17, 15) is 9.59 Å². The van der Waals surface area contributed by atoms with Crippen molar-refractivity contribution in [3.05, 3.63) is 0 Å². The molecule has 0 rings (SSSR count). The molecule has 0 bridgehead atoms. The summed E-state index contributed by atoms with van der Waals surface area (Å²) in [5.41, 5.74) is 7.23. The van der Waals surface area contributed by atoms with Crippen LogP contribution in [0.5, 0.6) is 0 Å². The zero-order valence-corrected chi connectivity index (χ0v) is 7.70. The third kappa shape index (κ3) is 6.06.